The van der Waals surface area contributed by atoms with Gasteiger partial charge in [-0.05, 0) is 50.8 Å². The molecule has 2 aliphatic rings. The van der Waals surface area contributed by atoms with Crippen molar-refractivity contribution in [1.82, 2.24) is 10.2 Å². The molecule has 0 saturated carbocycles. The number of rotatable bonds is 6. The van der Waals surface area contributed by atoms with E-state index < -0.39 is 17.6 Å². The number of nitrogens with zero attached hydrogens (tertiary/aromatic N) is 2. The fourth-order valence-electron chi connectivity index (χ4n) is 3.74. The van der Waals surface area contributed by atoms with Crippen LogP contribution in [-0.2, 0) is 20.9 Å². The molecule has 7 nitrogen and oxygen atoms in total. The Kier molecular flexibility index (Phi) is 6.47. The molecule has 1 aromatic carbocycles. The third kappa shape index (κ3) is 5.22. The van der Waals surface area contributed by atoms with Gasteiger partial charge in [-0.2, -0.15) is 0 Å². The molecule has 2 aromatic rings. The largest absolute Gasteiger partial charge is 0.467 e. The number of nitrogens with one attached hydrogen (secondary N) is 1. The van der Waals surface area contributed by atoms with E-state index in [1.165, 1.54) is 11.8 Å². The van der Waals surface area contributed by atoms with Crippen LogP contribution in [0.25, 0.3) is 0 Å². The van der Waals surface area contributed by atoms with Crippen molar-refractivity contribution in [2.75, 3.05) is 0 Å². The highest BCUT2D eigenvalue weighted by atomic mass is 32.2. The van der Waals surface area contributed by atoms with Crippen LogP contribution >= 0.6 is 11.8 Å². The van der Waals surface area contributed by atoms with Gasteiger partial charge in [0, 0.05) is 5.70 Å². The molecule has 1 N–H and O–H groups in total. The molecular formula is C25H27N3O4S. The SMILES string of the molecule is CC1=C(C(=O)OC(C)(C)C)C(c2ccccc2)N2C(CC(=O)NCc3ccco3)=CSC2=N1. The first-order valence-corrected chi connectivity index (χ1v) is 11.6. The first-order valence-electron chi connectivity index (χ1n) is 10.7. The number of benzene rings is 1. The second kappa shape index (κ2) is 9.31. The summed E-state index contributed by atoms with van der Waals surface area (Å²) in [6.07, 6.45) is 1.72. The second-order valence-electron chi connectivity index (χ2n) is 8.84. The zero-order valence-corrected chi connectivity index (χ0v) is 19.9. The van der Waals surface area contributed by atoms with Crippen LogP contribution < -0.4 is 5.32 Å². The van der Waals surface area contributed by atoms with Crippen LogP contribution in [0.15, 0.2) is 80.5 Å². The van der Waals surface area contributed by atoms with Gasteiger partial charge < -0.3 is 19.4 Å². The second-order valence-corrected chi connectivity index (χ2v) is 9.68. The van der Waals surface area contributed by atoms with Crippen molar-refractivity contribution in [2.24, 2.45) is 4.99 Å². The number of allylic oxidation sites excluding steroid dienone is 1. The fraction of sp³-hybridized carbons (Fsp3) is 0.320. The van der Waals surface area contributed by atoms with Gasteiger partial charge in [-0.15, -0.1) is 0 Å². The normalized spacial score (nSPS) is 17.9. The molecule has 0 fully saturated rings. The fourth-order valence-corrected chi connectivity index (χ4v) is 4.70. The van der Waals surface area contributed by atoms with Crippen molar-refractivity contribution in [3.8, 4) is 0 Å². The smallest absolute Gasteiger partial charge is 0.338 e. The average molecular weight is 466 g/mol. The number of fused-ring (bicyclic) bond motifs is 1. The molecular weight excluding hydrogens is 438 g/mol. The van der Waals surface area contributed by atoms with Crippen molar-refractivity contribution in [3.63, 3.8) is 0 Å². The van der Waals surface area contributed by atoms with Gasteiger partial charge in [0.25, 0.3) is 0 Å². The lowest BCUT2D eigenvalue weighted by Gasteiger charge is -2.37. The van der Waals surface area contributed by atoms with Crippen molar-refractivity contribution < 1.29 is 18.7 Å². The van der Waals surface area contributed by atoms with Crippen molar-refractivity contribution in [3.05, 3.63) is 82.4 Å². The third-order valence-corrected chi connectivity index (χ3v) is 6.01. The van der Waals surface area contributed by atoms with Crippen LogP contribution in [0.3, 0.4) is 0 Å². The maximum Gasteiger partial charge on any atom is 0.338 e. The van der Waals surface area contributed by atoms with Gasteiger partial charge in [0.2, 0.25) is 5.91 Å². The molecule has 1 aromatic heterocycles. The molecule has 1 amide bonds. The third-order valence-electron chi connectivity index (χ3n) is 5.12. The summed E-state index contributed by atoms with van der Waals surface area (Å²) in [6.45, 7) is 7.67. The molecule has 33 heavy (non-hydrogen) atoms. The molecule has 172 valence electrons. The zero-order valence-electron chi connectivity index (χ0n) is 19.1. The van der Waals surface area contributed by atoms with Gasteiger partial charge in [-0.1, -0.05) is 42.1 Å². The summed E-state index contributed by atoms with van der Waals surface area (Å²) in [7, 11) is 0. The Morgan fingerprint density at radius 2 is 1.94 bits per heavy atom. The van der Waals surface area contributed by atoms with Crippen molar-refractivity contribution >= 4 is 28.8 Å². The predicted octanol–water partition coefficient (Wildman–Crippen LogP) is 4.90. The van der Waals surface area contributed by atoms with Crippen LogP contribution in [0, 0.1) is 0 Å². The minimum atomic E-state index is -0.639. The van der Waals surface area contributed by atoms with Crippen molar-refractivity contribution in [1.29, 1.82) is 0 Å². The summed E-state index contributed by atoms with van der Waals surface area (Å²) in [6, 6.07) is 12.9. The van der Waals surface area contributed by atoms with E-state index in [1.54, 1.807) is 12.3 Å². The maximum atomic E-state index is 13.3. The lowest BCUT2D eigenvalue weighted by molar-refractivity contribution is -0.150. The number of esters is 1. The quantitative estimate of drug-likeness (QED) is 0.611. The lowest BCUT2D eigenvalue weighted by atomic mass is 9.93. The number of hydrogen-bond donors (Lipinski definition) is 1. The monoisotopic (exact) mass is 465 g/mol. The van der Waals surface area contributed by atoms with Crippen LogP contribution in [-0.4, -0.2) is 27.5 Å². The Morgan fingerprint density at radius 1 is 1.18 bits per heavy atom. The van der Waals surface area contributed by atoms with Gasteiger partial charge in [0.15, 0.2) is 5.17 Å². The first-order chi connectivity index (χ1) is 15.7. The highest BCUT2D eigenvalue weighted by molar-refractivity contribution is 8.16. The molecule has 0 spiro atoms. The molecule has 3 heterocycles. The first kappa shape index (κ1) is 22.9. The summed E-state index contributed by atoms with van der Waals surface area (Å²) < 4.78 is 11.0. The van der Waals surface area contributed by atoms with E-state index in [0.29, 0.717) is 23.6 Å². The van der Waals surface area contributed by atoms with Gasteiger partial charge in [-0.25, -0.2) is 9.79 Å². The molecule has 0 bridgehead atoms. The average Bonchev–Trinajstić information content (AvgIpc) is 3.41. The number of aliphatic imine (C=N–C) groups is 1. The summed E-state index contributed by atoms with van der Waals surface area (Å²) in [4.78, 5) is 32.6. The van der Waals surface area contributed by atoms with Gasteiger partial charge in [-0.3, -0.25) is 4.79 Å². The maximum absolute atomic E-state index is 13.3. The number of furan rings is 1. The Hall–Kier alpha value is -3.26. The Morgan fingerprint density at radius 3 is 2.61 bits per heavy atom. The van der Waals surface area contributed by atoms with E-state index in [1.807, 2.05) is 74.4 Å². The minimum Gasteiger partial charge on any atom is -0.467 e. The number of hydrogen-bond acceptors (Lipinski definition) is 7. The molecule has 1 unspecified atom stereocenters. The van der Waals surface area contributed by atoms with E-state index >= 15 is 0 Å². The summed E-state index contributed by atoms with van der Waals surface area (Å²) >= 11 is 1.45. The minimum absolute atomic E-state index is 0.142. The molecule has 2 aliphatic heterocycles. The molecule has 8 heteroatoms. The number of thioether (sulfide) groups is 1. The van der Waals surface area contributed by atoms with Crippen LogP contribution in [0.2, 0.25) is 0 Å². The molecule has 0 aliphatic carbocycles. The van der Waals surface area contributed by atoms with Crippen LogP contribution in [0.4, 0.5) is 0 Å². The molecule has 4 rings (SSSR count). The molecule has 0 saturated heterocycles. The van der Waals surface area contributed by atoms with Crippen molar-refractivity contribution in [2.45, 2.75) is 52.3 Å². The Labute approximate surface area is 197 Å². The van der Waals surface area contributed by atoms with Gasteiger partial charge in [0.1, 0.15) is 11.4 Å². The van der Waals surface area contributed by atoms with Gasteiger partial charge in [0.05, 0.1) is 36.5 Å². The number of carbonyl (C=O) groups excluding carboxylic acids is 2. The summed E-state index contributed by atoms with van der Waals surface area (Å²) in [5.41, 5.74) is 2.16. The Balaban J connectivity index is 1.62. The van der Waals surface area contributed by atoms with E-state index in [0.717, 1.165) is 16.4 Å². The van der Waals surface area contributed by atoms with Crippen LogP contribution in [0.5, 0.6) is 0 Å². The Bertz CT molecular complexity index is 1130. The van der Waals surface area contributed by atoms with E-state index in [9.17, 15) is 9.59 Å². The summed E-state index contributed by atoms with van der Waals surface area (Å²) in [5, 5.41) is 5.54. The highest BCUT2D eigenvalue weighted by Crippen LogP contribution is 2.45. The topological polar surface area (TPSA) is 84.1 Å². The van der Waals surface area contributed by atoms with Crippen LogP contribution in [0.1, 0.15) is 51.5 Å². The van der Waals surface area contributed by atoms with E-state index in [-0.39, 0.29) is 12.3 Å². The standard InChI is InChI=1S/C25H27N3O4S/c1-16-21(23(30)32-25(2,3)4)22(17-9-6-5-7-10-17)28-18(15-33-24(28)27-16)13-20(29)26-14-19-11-8-12-31-19/h5-12,15,22H,13-14H2,1-4H3,(H,26,29). The zero-order chi connectivity index (χ0) is 23.6. The van der Waals surface area contributed by atoms with E-state index in [4.69, 9.17) is 9.15 Å². The highest BCUT2D eigenvalue weighted by Gasteiger charge is 2.41. The number of carbonyl (C=O) groups is 2. The number of amidine groups is 1. The predicted molar refractivity (Wildman–Crippen MR) is 128 cm³/mol. The van der Waals surface area contributed by atoms with Gasteiger partial charge >= 0.3 is 5.97 Å². The number of ether oxygens (including phenoxy) is 1. The molecule has 1 atom stereocenters. The number of amides is 1. The van der Waals surface area contributed by atoms with E-state index in [2.05, 4.69) is 10.3 Å². The summed E-state index contributed by atoms with van der Waals surface area (Å²) in [5.74, 6) is 0.137. The molecule has 0 radical (unpaired) electrons. The lowest BCUT2D eigenvalue weighted by Crippen LogP contribution is -2.39.